The fraction of sp³-hybridized carbons (Fsp3) is 0.300. The van der Waals surface area contributed by atoms with Gasteiger partial charge in [0.15, 0.2) is 0 Å². The number of hydrogen-bond acceptors (Lipinski definition) is 4. The zero-order chi connectivity index (χ0) is 10.8. The summed E-state index contributed by atoms with van der Waals surface area (Å²) in [5.74, 6) is 0.436. The second-order valence-corrected chi connectivity index (χ2v) is 3.37. The lowest BCUT2D eigenvalue weighted by Crippen LogP contribution is -1.99. The Morgan fingerprint density at radius 2 is 2.27 bits per heavy atom. The van der Waals surface area contributed by atoms with Crippen LogP contribution in [-0.2, 0) is 0 Å². The van der Waals surface area contributed by atoms with Gasteiger partial charge in [-0.1, -0.05) is 0 Å². The molecule has 0 aromatic heterocycles. The average Bonchev–Trinajstić information content (AvgIpc) is 3.02. The monoisotopic (exact) mass is 204 g/mol. The summed E-state index contributed by atoms with van der Waals surface area (Å²) in [4.78, 5) is 9.94. The maximum Gasteiger partial charge on any atom is 0.271 e. The molecule has 0 radical (unpaired) electrons. The van der Waals surface area contributed by atoms with Crippen molar-refractivity contribution >= 4 is 5.69 Å². The molecular weight excluding hydrogens is 196 g/mol. The van der Waals surface area contributed by atoms with E-state index in [1.165, 1.54) is 18.2 Å². The van der Waals surface area contributed by atoms with Crippen LogP contribution in [0.25, 0.3) is 0 Å². The van der Waals surface area contributed by atoms with Gasteiger partial charge in [-0.15, -0.1) is 0 Å². The van der Waals surface area contributed by atoms with E-state index in [0.717, 1.165) is 12.8 Å². The summed E-state index contributed by atoms with van der Waals surface area (Å²) >= 11 is 0. The smallest absolute Gasteiger partial charge is 0.271 e. The molecule has 1 fully saturated rings. The minimum absolute atomic E-state index is 0.0882. The average molecular weight is 204 g/mol. The topological polar surface area (TPSA) is 76.2 Å². The van der Waals surface area contributed by atoms with Gasteiger partial charge in [0.05, 0.1) is 11.0 Å². The van der Waals surface area contributed by atoms with Gasteiger partial charge in [0.2, 0.25) is 0 Å². The van der Waals surface area contributed by atoms with Gasteiger partial charge in [0.1, 0.15) is 17.4 Å². The number of nitro groups is 1. The molecule has 0 N–H and O–H groups in total. The fourth-order valence-electron chi connectivity index (χ4n) is 1.19. The molecule has 0 bridgehead atoms. The summed E-state index contributed by atoms with van der Waals surface area (Å²) in [6.07, 6.45) is 2.16. The molecule has 0 spiro atoms. The van der Waals surface area contributed by atoms with Gasteiger partial charge in [-0.2, -0.15) is 5.26 Å². The second kappa shape index (κ2) is 3.58. The summed E-state index contributed by atoms with van der Waals surface area (Å²) in [5.41, 5.74) is 0.130. The lowest BCUT2D eigenvalue weighted by molar-refractivity contribution is -0.384. The SMILES string of the molecule is N#Cc1cc([N+](=O)[O-])ccc1OC1CC1. The number of ether oxygens (including phenoxy) is 1. The van der Waals surface area contributed by atoms with E-state index in [0.29, 0.717) is 5.75 Å². The Hall–Kier alpha value is -2.09. The summed E-state index contributed by atoms with van der Waals surface area (Å²) in [7, 11) is 0. The van der Waals surface area contributed by atoms with Gasteiger partial charge in [0.25, 0.3) is 5.69 Å². The first-order chi connectivity index (χ1) is 7.20. The Kier molecular flexibility index (Phi) is 2.26. The molecule has 0 heterocycles. The molecule has 1 saturated carbocycles. The van der Waals surface area contributed by atoms with Gasteiger partial charge in [-0.3, -0.25) is 10.1 Å². The van der Waals surface area contributed by atoms with Crippen LogP contribution < -0.4 is 4.74 Å². The van der Waals surface area contributed by atoms with Crippen LogP contribution in [0.15, 0.2) is 18.2 Å². The van der Waals surface area contributed by atoms with Gasteiger partial charge >= 0.3 is 0 Å². The summed E-state index contributed by atoms with van der Waals surface area (Å²) < 4.78 is 5.44. The molecule has 1 aliphatic carbocycles. The maximum absolute atomic E-state index is 10.5. The van der Waals surface area contributed by atoms with Crippen molar-refractivity contribution in [2.45, 2.75) is 18.9 Å². The quantitative estimate of drug-likeness (QED) is 0.557. The molecule has 0 amide bonds. The lowest BCUT2D eigenvalue weighted by atomic mass is 10.2. The van der Waals surface area contributed by atoms with E-state index >= 15 is 0 Å². The number of rotatable bonds is 3. The Morgan fingerprint density at radius 3 is 2.80 bits per heavy atom. The third kappa shape index (κ3) is 2.05. The third-order valence-electron chi connectivity index (χ3n) is 2.11. The fourth-order valence-corrected chi connectivity index (χ4v) is 1.19. The van der Waals surface area contributed by atoms with Crippen molar-refractivity contribution in [1.29, 1.82) is 5.26 Å². The normalized spacial score (nSPS) is 14.3. The first kappa shape index (κ1) is 9.46. The van der Waals surface area contributed by atoms with Crippen molar-refractivity contribution in [2.24, 2.45) is 0 Å². The Morgan fingerprint density at radius 1 is 1.53 bits per heavy atom. The van der Waals surface area contributed by atoms with Gasteiger partial charge in [0, 0.05) is 12.1 Å². The van der Waals surface area contributed by atoms with E-state index in [2.05, 4.69) is 0 Å². The van der Waals surface area contributed by atoms with Crippen LogP contribution in [-0.4, -0.2) is 11.0 Å². The van der Waals surface area contributed by atoms with Crippen molar-refractivity contribution < 1.29 is 9.66 Å². The van der Waals surface area contributed by atoms with E-state index in [-0.39, 0.29) is 17.4 Å². The van der Waals surface area contributed by atoms with Crippen molar-refractivity contribution in [3.8, 4) is 11.8 Å². The van der Waals surface area contributed by atoms with Crippen LogP contribution in [0, 0.1) is 21.4 Å². The predicted molar refractivity (Wildman–Crippen MR) is 51.5 cm³/mol. The molecule has 76 valence electrons. The van der Waals surface area contributed by atoms with Crippen LogP contribution in [0.3, 0.4) is 0 Å². The third-order valence-corrected chi connectivity index (χ3v) is 2.11. The molecule has 0 atom stereocenters. The molecule has 5 nitrogen and oxygen atoms in total. The highest BCUT2D eigenvalue weighted by molar-refractivity contribution is 5.50. The highest BCUT2D eigenvalue weighted by Gasteiger charge is 2.25. The standard InChI is InChI=1S/C10H8N2O3/c11-6-7-5-8(12(13)14)1-4-10(7)15-9-2-3-9/h1,4-5,9H,2-3H2. The minimum atomic E-state index is -0.526. The summed E-state index contributed by atoms with van der Waals surface area (Å²) in [5, 5.41) is 19.3. The van der Waals surface area contributed by atoms with Crippen molar-refractivity contribution in [1.82, 2.24) is 0 Å². The summed E-state index contributed by atoms with van der Waals surface area (Å²) in [6.45, 7) is 0. The summed E-state index contributed by atoms with van der Waals surface area (Å²) in [6, 6.07) is 5.96. The zero-order valence-electron chi connectivity index (χ0n) is 7.84. The van der Waals surface area contributed by atoms with E-state index < -0.39 is 4.92 Å². The van der Waals surface area contributed by atoms with Crippen molar-refractivity contribution in [2.75, 3.05) is 0 Å². The van der Waals surface area contributed by atoms with Crippen LogP contribution >= 0.6 is 0 Å². The van der Waals surface area contributed by atoms with Crippen LogP contribution in [0.1, 0.15) is 18.4 Å². The molecule has 1 aromatic rings. The molecule has 2 rings (SSSR count). The highest BCUT2D eigenvalue weighted by atomic mass is 16.6. The largest absolute Gasteiger partial charge is 0.489 e. The Balaban J connectivity index is 2.30. The van der Waals surface area contributed by atoms with Gasteiger partial charge < -0.3 is 4.74 Å². The molecule has 0 unspecified atom stereocenters. The molecular formula is C10H8N2O3. The van der Waals surface area contributed by atoms with E-state index in [9.17, 15) is 10.1 Å². The minimum Gasteiger partial charge on any atom is -0.489 e. The number of nitriles is 1. The van der Waals surface area contributed by atoms with Crippen LogP contribution in [0.5, 0.6) is 5.75 Å². The predicted octanol–water partition coefficient (Wildman–Crippen LogP) is 2.01. The van der Waals surface area contributed by atoms with Crippen molar-refractivity contribution in [3.05, 3.63) is 33.9 Å². The zero-order valence-corrected chi connectivity index (χ0v) is 7.84. The number of hydrogen-bond donors (Lipinski definition) is 0. The van der Waals surface area contributed by atoms with Crippen molar-refractivity contribution in [3.63, 3.8) is 0 Å². The molecule has 0 saturated heterocycles. The number of non-ortho nitro benzene ring substituents is 1. The van der Waals surface area contributed by atoms with E-state index in [4.69, 9.17) is 10.00 Å². The second-order valence-electron chi connectivity index (χ2n) is 3.37. The molecule has 1 aromatic carbocycles. The van der Waals surface area contributed by atoms with Gasteiger partial charge in [-0.25, -0.2) is 0 Å². The van der Waals surface area contributed by atoms with Crippen LogP contribution in [0.2, 0.25) is 0 Å². The lowest BCUT2D eigenvalue weighted by Gasteiger charge is -2.05. The molecule has 1 aliphatic rings. The first-order valence-electron chi connectivity index (χ1n) is 4.56. The van der Waals surface area contributed by atoms with Gasteiger partial charge in [-0.05, 0) is 18.9 Å². The number of nitro benzene ring substituents is 1. The molecule has 5 heteroatoms. The first-order valence-corrected chi connectivity index (χ1v) is 4.56. The van der Waals surface area contributed by atoms with E-state index in [1.807, 2.05) is 6.07 Å². The molecule has 0 aliphatic heterocycles. The number of benzene rings is 1. The maximum atomic E-state index is 10.5. The van der Waals surface area contributed by atoms with Crippen LogP contribution in [0.4, 0.5) is 5.69 Å². The highest BCUT2D eigenvalue weighted by Crippen LogP contribution is 2.30. The molecule has 15 heavy (non-hydrogen) atoms. The number of nitrogens with zero attached hydrogens (tertiary/aromatic N) is 2. The Labute approximate surface area is 86.0 Å². The Bertz CT molecular complexity index is 446. The van der Waals surface area contributed by atoms with E-state index in [1.54, 1.807) is 0 Å².